The minimum Gasteiger partial charge on any atom is -0.309 e. The molecule has 0 heterocycles. The van der Waals surface area contributed by atoms with Crippen molar-refractivity contribution < 1.29 is 0 Å². The zero-order valence-electron chi connectivity index (χ0n) is 13.0. The summed E-state index contributed by atoms with van der Waals surface area (Å²) in [7, 11) is 4.17. The third-order valence-electron chi connectivity index (χ3n) is 3.25. The summed E-state index contributed by atoms with van der Waals surface area (Å²) in [5, 5.41) is 4.66. The van der Waals surface area contributed by atoms with E-state index in [9.17, 15) is 0 Å². The van der Waals surface area contributed by atoms with Crippen molar-refractivity contribution in [2.24, 2.45) is 11.0 Å². The first-order valence-electron chi connectivity index (χ1n) is 7.25. The van der Waals surface area contributed by atoms with Crippen LogP contribution in [0.1, 0.15) is 12.5 Å². The van der Waals surface area contributed by atoms with Crippen LogP contribution in [-0.2, 0) is 0 Å². The maximum atomic E-state index is 4.66. The number of anilines is 1. The molecule has 3 heteroatoms. The van der Waals surface area contributed by atoms with Crippen LogP contribution in [0.25, 0.3) is 0 Å². The molecule has 0 aliphatic heterocycles. The Kier molecular flexibility index (Phi) is 5.52. The molecule has 0 saturated carbocycles. The average Bonchev–Trinajstić information content (AvgIpc) is 2.49. The molecule has 0 unspecified atom stereocenters. The summed E-state index contributed by atoms with van der Waals surface area (Å²) in [5.41, 5.74) is 6.41. The molecule has 0 radical (unpaired) electrons. The van der Waals surface area contributed by atoms with Crippen LogP contribution in [0.15, 0.2) is 65.8 Å². The van der Waals surface area contributed by atoms with Gasteiger partial charge in [0.1, 0.15) is 0 Å². The van der Waals surface area contributed by atoms with Gasteiger partial charge >= 0.3 is 0 Å². The molecule has 1 N–H and O–H groups in total. The maximum Gasteiger partial charge on any atom is 0.0720 e. The van der Waals surface area contributed by atoms with Crippen LogP contribution in [0.2, 0.25) is 0 Å². The lowest BCUT2D eigenvalue weighted by atomic mass is 9.98. The average molecular weight is 281 g/mol. The number of hydrogen-bond acceptors (Lipinski definition) is 3. The minimum atomic E-state index is 0.346. The SMILES string of the molecule is C[C@@H](CN(C)C)/C(=N/Nc1ccccc1)c1ccccc1. The Morgan fingerprint density at radius 2 is 1.57 bits per heavy atom. The molecule has 21 heavy (non-hydrogen) atoms. The number of benzene rings is 2. The minimum absolute atomic E-state index is 0.346. The first-order valence-corrected chi connectivity index (χ1v) is 7.25. The first kappa shape index (κ1) is 15.3. The standard InChI is InChI=1S/C18H23N3/c1-15(14-21(2)3)18(16-10-6-4-7-11-16)20-19-17-12-8-5-9-13-17/h4-13,15,19H,14H2,1-3H3/b20-18-/t15-/m0/s1. The largest absolute Gasteiger partial charge is 0.309 e. The van der Waals surface area contributed by atoms with Crippen molar-refractivity contribution in [3.05, 3.63) is 66.2 Å². The van der Waals surface area contributed by atoms with Gasteiger partial charge in [0.05, 0.1) is 11.4 Å². The van der Waals surface area contributed by atoms with E-state index in [1.54, 1.807) is 0 Å². The fourth-order valence-electron chi connectivity index (χ4n) is 2.34. The van der Waals surface area contributed by atoms with Gasteiger partial charge in [-0.25, -0.2) is 0 Å². The second kappa shape index (κ2) is 7.60. The van der Waals surface area contributed by atoms with E-state index < -0.39 is 0 Å². The fraction of sp³-hybridized carbons (Fsp3) is 0.278. The monoisotopic (exact) mass is 281 g/mol. The van der Waals surface area contributed by atoms with Gasteiger partial charge in [-0.05, 0) is 31.8 Å². The van der Waals surface area contributed by atoms with Crippen LogP contribution in [-0.4, -0.2) is 31.3 Å². The van der Waals surface area contributed by atoms with Crippen LogP contribution >= 0.6 is 0 Å². The van der Waals surface area contributed by atoms with E-state index in [0.29, 0.717) is 5.92 Å². The van der Waals surface area contributed by atoms with E-state index in [1.807, 2.05) is 36.4 Å². The quantitative estimate of drug-likeness (QED) is 0.646. The van der Waals surface area contributed by atoms with E-state index in [0.717, 1.165) is 23.5 Å². The molecule has 0 saturated heterocycles. The Bertz CT molecular complexity index is 562. The van der Waals surface area contributed by atoms with Crippen molar-refractivity contribution in [1.82, 2.24) is 4.90 Å². The van der Waals surface area contributed by atoms with Gasteiger partial charge in [0.25, 0.3) is 0 Å². The molecular weight excluding hydrogens is 258 g/mol. The second-order valence-electron chi connectivity index (χ2n) is 5.50. The highest BCUT2D eigenvalue weighted by Gasteiger charge is 2.14. The summed E-state index contributed by atoms with van der Waals surface area (Å²) < 4.78 is 0. The molecule has 0 aliphatic rings. The Hall–Kier alpha value is -2.13. The van der Waals surface area contributed by atoms with Gasteiger partial charge in [0.2, 0.25) is 0 Å². The molecule has 1 atom stereocenters. The van der Waals surface area contributed by atoms with Gasteiger partial charge in [-0.15, -0.1) is 0 Å². The maximum absolute atomic E-state index is 4.66. The van der Waals surface area contributed by atoms with E-state index in [2.05, 4.69) is 60.7 Å². The van der Waals surface area contributed by atoms with Gasteiger partial charge in [-0.1, -0.05) is 55.5 Å². The smallest absolute Gasteiger partial charge is 0.0720 e. The van der Waals surface area contributed by atoms with Gasteiger partial charge in [0, 0.05) is 12.5 Å². The number of rotatable bonds is 6. The molecule has 0 aromatic heterocycles. The lowest BCUT2D eigenvalue weighted by Gasteiger charge is -2.19. The summed E-state index contributed by atoms with van der Waals surface area (Å²) in [6, 6.07) is 20.4. The summed E-state index contributed by atoms with van der Waals surface area (Å²) in [4.78, 5) is 2.19. The van der Waals surface area contributed by atoms with Crippen LogP contribution in [0.3, 0.4) is 0 Å². The number of para-hydroxylation sites is 1. The first-order chi connectivity index (χ1) is 10.2. The third-order valence-corrected chi connectivity index (χ3v) is 3.25. The molecule has 0 fully saturated rings. The van der Waals surface area contributed by atoms with Crippen LogP contribution in [0, 0.1) is 5.92 Å². The van der Waals surface area contributed by atoms with Crippen LogP contribution < -0.4 is 5.43 Å². The van der Waals surface area contributed by atoms with Gasteiger partial charge < -0.3 is 4.90 Å². The normalized spacial score (nSPS) is 13.2. The summed E-state index contributed by atoms with van der Waals surface area (Å²) >= 11 is 0. The Labute approximate surface area is 127 Å². The fourth-order valence-corrected chi connectivity index (χ4v) is 2.34. The van der Waals surface area contributed by atoms with E-state index >= 15 is 0 Å². The molecule has 2 aromatic rings. The molecule has 2 rings (SSSR count). The second-order valence-corrected chi connectivity index (χ2v) is 5.50. The zero-order chi connectivity index (χ0) is 15.1. The van der Waals surface area contributed by atoms with Crippen molar-refractivity contribution in [3.63, 3.8) is 0 Å². The van der Waals surface area contributed by atoms with Crippen molar-refractivity contribution >= 4 is 11.4 Å². The van der Waals surface area contributed by atoms with Crippen molar-refractivity contribution in [3.8, 4) is 0 Å². The molecule has 3 nitrogen and oxygen atoms in total. The summed E-state index contributed by atoms with van der Waals surface area (Å²) in [5.74, 6) is 0.346. The lowest BCUT2D eigenvalue weighted by molar-refractivity contribution is 0.380. The van der Waals surface area contributed by atoms with Gasteiger partial charge in [-0.3, -0.25) is 5.43 Å². The van der Waals surface area contributed by atoms with Crippen molar-refractivity contribution in [2.75, 3.05) is 26.1 Å². The predicted octanol–water partition coefficient (Wildman–Crippen LogP) is 3.70. The van der Waals surface area contributed by atoms with Gasteiger partial charge in [0.15, 0.2) is 0 Å². The highest BCUT2D eigenvalue weighted by Crippen LogP contribution is 2.13. The van der Waals surface area contributed by atoms with E-state index in [-0.39, 0.29) is 0 Å². The van der Waals surface area contributed by atoms with Gasteiger partial charge in [-0.2, -0.15) is 5.10 Å². The number of nitrogens with zero attached hydrogens (tertiary/aromatic N) is 2. The number of hydrazone groups is 1. The molecule has 0 spiro atoms. The Morgan fingerprint density at radius 1 is 1.00 bits per heavy atom. The summed E-state index contributed by atoms with van der Waals surface area (Å²) in [6.45, 7) is 3.17. The molecule has 0 bridgehead atoms. The number of nitrogens with one attached hydrogen (secondary N) is 1. The third kappa shape index (κ3) is 4.72. The zero-order valence-corrected chi connectivity index (χ0v) is 13.0. The van der Waals surface area contributed by atoms with E-state index in [4.69, 9.17) is 0 Å². The molecule has 0 aliphatic carbocycles. The Morgan fingerprint density at radius 3 is 2.14 bits per heavy atom. The number of hydrogen-bond donors (Lipinski definition) is 1. The molecule has 0 amide bonds. The lowest BCUT2D eigenvalue weighted by Crippen LogP contribution is -2.27. The highest BCUT2D eigenvalue weighted by atomic mass is 15.3. The Balaban J connectivity index is 2.23. The highest BCUT2D eigenvalue weighted by molar-refractivity contribution is 6.02. The van der Waals surface area contributed by atoms with Crippen molar-refractivity contribution in [1.29, 1.82) is 0 Å². The van der Waals surface area contributed by atoms with Crippen LogP contribution in [0.5, 0.6) is 0 Å². The predicted molar refractivity (Wildman–Crippen MR) is 90.8 cm³/mol. The molecule has 110 valence electrons. The molecular formula is C18H23N3. The summed E-state index contributed by atoms with van der Waals surface area (Å²) in [6.07, 6.45) is 0. The van der Waals surface area contributed by atoms with E-state index in [1.165, 1.54) is 0 Å². The van der Waals surface area contributed by atoms with Crippen molar-refractivity contribution in [2.45, 2.75) is 6.92 Å². The van der Waals surface area contributed by atoms with Crippen LogP contribution in [0.4, 0.5) is 5.69 Å². The topological polar surface area (TPSA) is 27.6 Å². The molecule has 2 aromatic carbocycles.